The average Bonchev–Trinajstić information content (AvgIpc) is 2.63. The van der Waals surface area contributed by atoms with Crippen LogP contribution in [0, 0.1) is 0 Å². The highest BCUT2D eigenvalue weighted by molar-refractivity contribution is 5.80. The molecular weight excluding hydrogens is 288 g/mol. The van der Waals surface area contributed by atoms with Crippen molar-refractivity contribution in [1.29, 1.82) is 0 Å². The van der Waals surface area contributed by atoms with E-state index < -0.39 is 0 Å². The highest BCUT2D eigenvalue weighted by Gasteiger charge is 2.11. The summed E-state index contributed by atoms with van der Waals surface area (Å²) in [6.07, 6.45) is 1.83. The molecule has 0 atom stereocenters. The van der Waals surface area contributed by atoms with E-state index in [0.717, 1.165) is 54.5 Å². The number of anilines is 3. The largest absolute Gasteiger partial charge is 0.378 e. The summed E-state index contributed by atoms with van der Waals surface area (Å²) in [6, 6.07) is 16.2. The number of fused-ring (bicyclic) bond motifs is 1. The van der Waals surface area contributed by atoms with Gasteiger partial charge in [-0.2, -0.15) is 0 Å². The lowest BCUT2D eigenvalue weighted by Crippen LogP contribution is -2.36. The molecule has 0 bridgehead atoms. The number of hydrogen-bond donors (Lipinski definition) is 1. The van der Waals surface area contributed by atoms with Crippen LogP contribution in [-0.4, -0.2) is 36.3 Å². The smallest absolute Gasteiger partial charge is 0.133 e. The highest BCUT2D eigenvalue weighted by atomic mass is 16.5. The van der Waals surface area contributed by atoms with E-state index in [0.29, 0.717) is 0 Å². The molecule has 1 saturated heterocycles. The van der Waals surface area contributed by atoms with Gasteiger partial charge >= 0.3 is 0 Å². The minimum absolute atomic E-state index is 0.775. The Labute approximate surface area is 134 Å². The van der Waals surface area contributed by atoms with E-state index in [9.17, 15) is 0 Å². The second-order valence-electron chi connectivity index (χ2n) is 5.51. The Bertz CT molecular complexity index is 815. The monoisotopic (exact) mass is 306 g/mol. The van der Waals surface area contributed by atoms with Crippen molar-refractivity contribution >= 4 is 28.2 Å². The molecule has 23 heavy (non-hydrogen) atoms. The standard InChI is InChI=1S/C18H18N4O/c1-2-4-16-14(3-1)5-6-17(20-16)21-18-13-15(7-8-19-18)22-9-11-23-12-10-22/h1-8,13H,9-12H2,(H,19,20,21). The van der Waals surface area contributed by atoms with Crippen LogP contribution in [0.15, 0.2) is 54.7 Å². The van der Waals surface area contributed by atoms with Gasteiger partial charge in [0.1, 0.15) is 11.6 Å². The van der Waals surface area contributed by atoms with Crippen molar-refractivity contribution < 1.29 is 4.74 Å². The fraction of sp³-hybridized carbons (Fsp3) is 0.222. The molecule has 3 heterocycles. The second kappa shape index (κ2) is 6.22. The van der Waals surface area contributed by atoms with Crippen LogP contribution in [-0.2, 0) is 4.74 Å². The van der Waals surface area contributed by atoms with Gasteiger partial charge < -0.3 is 15.0 Å². The zero-order valence-electron chi connectivity index (χ0n) is 12.8. The summed E-state index contributed by atoms with van der Waals surface area (Å²) in [4.78, 5) is 11.3. The number of hydrogen-bond acceptors (Lipinski definition) is 5. The number of rotatable bonds is 3. The summed E-state index contributed by atoms with van der Waals surface area (Å²) in [6.45, 7) is 3.38. The Kier molecular flexibility index (Phi) is 3.78. The van der Waals surface area contributed by atoms with Crippen molar-refractivity contribution in [3.63, 3.8) is 0 Å². The maximum atomic E-state index is 5.41. The van der Waals surface area contributed by atoms with E-state index in [2.05, 4.69) is 38.4 Å². The predicted molar refractivity (Wildman–Crippen MR) is 92.3 cm³/mol. The lowest BCUT2D eigenvalue weighted by Gasteiger charge is -2.28. The Hall–Kier alpha value is -2.66. The van der Waals surface area contributed by atoms with Crippen LogP contribution < -0.4 is 10.2 Å². The van der Waals surface area contributed by atoms with Crippen molar-refractivity contribution in [2.24, 2.45) is 0 Å². The maximum absolute atomic E-state index is 5.41. The van der Waals surface area contributed by atoms with E-state index in [1.165, 1.54) is 0 Å². The van der Waals surface area contributed by atoms with Crippen LogP contribution in [0.1, 0.15) is 0 Å². The Balaban J connectivity index is 1.57. The Morgan fingerprint density at radius 2 is 1.83 bits per heavy atom. The molecule has 116 valence electrons. The number of aromatic nitrogens is 2. The van der Waals surface area contributed by atoms with Gasteiger partial charge in [0.2, 0.25) is 0 Å². The van der Waals surface area contributed by atoms with Gasteiger partial charge in [0.15, 0.2) is 0 Å². The van der Waals surface area contributed by atoms with Gasteiger partial charge in [-0.05, 0) is 24.3 Å². The van der Waals surface area contributed by atoms with Gasteiger partial charge in [-0.3, -0.25) is 0 Å². The molecule has 0 radical (unpaired) electrons. The van der Waals surface area contributed by atoms with Crippen molar-refractivity contribution in [3.05, 3.63) is 54.7 Å². The maximum Gasteiger partial charge on any atom is 0.133 e. The summed E-state index contributed by atoms with van der Waals surface area (Å²) in [5.41, 5.74) is 2.13. The van der Waals surface area contributed by atoms with Gasteiger partial charge in [-0.25, -0.2) is 9.97 Å². The first kappa shape index (κ1) is 14.0. The first-order valence-electron chi connectivity index (χ1n) is 7.80. The molecule has 0 saturated carbocycles. The normalized spacial score (nSPS) is 14.9. The van der Waals surface area contributed by atoms with Crippen molar-refractivity contribution in [3.8, 4) is 0 Å². The molecule has 0 unspecified atom stereocenters. The molecule has 4 rings (SSSR count). The number of ether oxygens (including phenoxy) is 1. The molecule has 0 aliphatic carbocycles. The zero-order chi connectivity index (χ0) is 15.5. The summed E-state index contributed by atoms with van der Waals surface area (Å²) < 4.78 is 5.41. The van der Waals surface area contributed by atoms with E-state index >= 15 is 0 Å². The van der Waals surface area contributed by atoms with Crippen LogP contribution in [0.4, 0.5) is 17.3 Å². The molecule has 5 nitrogen and oxygen atoms in total. The van der Waals surface area contributed by atoms with Crippen molar-refractivity contribution in [2.45, 2.75) is 0 Å². The van der Waals surface area contributed by atoms with E-state index in [4.69, 9.17) is 4.74 Å². The Morgan fingerprint density at radius 3 is 2.74 bits per heavy atom. The lowest BCUT2D eigenvalue weighted by atomic mass is 10.2. The van der Waals surface area contributed by atoms with Crippen molar-refractivity contribution in [1.82, 2.24) is 9.97 Å². The number of pyridine rings is 2. The van der Waals surface area contributed by atoms with Crippen LogP contribution in [0.2, 0.25) is 0 Å². The van der Waals surface area contributed by atoms with Crippen molar-refractivity contribution in [2.75, 3.05) is 36.5 Å². The Morgan fingerprint density at radius 1 is 0.957 bits per heavy atom. The van der Waals surface area contributed by atoms with Crippen LogP contribution in [0.5, 0.6) is 0 Å². The van der Waals surface area contributed by atoms with Crippen LogP contribution >= 0.6 is 0 Å². The fourth-order valence-electron chi connectivity index (χ4n) is 2.77. The van der Waals surface area contributed by atoms with E-state index in [1.807, 2.05) is 36.5 Å². The predicted octanol–water partition coefficient (Wildman–Crippen LogP) is 3.21. The number of nitrogens with one attached hydrogen (secondary N) is 1. The van der Waals surface area contributed by atoms with E-state index in [-0.39, 0.29) is 0 Å². The molecule has 3 aromatic rings. The third-order valence-corrected chi connectivity index (χ3v) is 3.97. The average molecular weight is 306 g/mol. The zero-order valence-corrected chi connectivity index (χ0v) is 12.8. The fourth-order valence-corrected chi connectivity index (χ4v) is 2.77. The lowest BCUT2D eigenvalue weighted by molar-refractivity contribution is 0.122. The van der Waals surface area contributed by atoms with E-state index in [1.54, 1.807) is 0 Å². The van der Waals surface area contributed by atoms with Gasteiger partial charge in [0.05, 0.1) is 18.7 Å². The minimum atomic E-state index is 0.775. The minimum Gasteiger partial charge on any atom is -0.378 e. The quantitative estimate of drug-likeness (QED) is 0.805. The number of para-hydroxylation sites is 1. The molecule has 1 aromatic carbocycles. The molecule has 2 aromatic heterocycles. The first-order valence-corrected chi connectivity index (χ1v) is 7.80. The molecule has 1 aliphatic heterocycles. The highest BCUT2D eigenvalue weighted by Crippen LogP contribution is 2.22. The third kappa shape index (κ3) is 3.10. The molecule has 5 heteroatoms. The number of morpholine rings is 1. The molecule has 0 amide bonds. The third-order valence-electron chi connectivity index (χ3n) is 3.97. The first-order chi connectivity index (χ1) is 11.4. The van der Waals surface area contributed by atoms with Gasteiger partial charge in [-0.1, -0.05) is 18.2 Å². The van der Waals surface area contributed by atoms with Gasteiger partial charge in [0.25, 0.3) is 0 Å². The molecule has 1 aliphatic rings. The summed E-state index contributed by atoms with van der Waals surface area (Å²) in [7, 11) is 0. The topological polar surface area (TPSA) is 50.3 Å². The molecule has 0 spiro atoms. The van der Waals surface area contributed by atoms with Crippen LogP contribution in [0.3, 0.4) is 0 Å². The molecule has 1 fully saturated rings. The SMILES string of the molecule is c1ccc2nc(Nc3cc(N4CCOCC4)ccn3)ccc2c1. The van der Waals surface area contributed by atoms with Gasteiger partial charge in [0, 0.05) is 36.4 Å². The summed E-state index contributed by atoms with van der Waals surface area (Å²) in [5, 5.41) is 4.43. The second-order valence-corrected chi connectivity index (χ2v) is 5.51. The van der Waals surface area contributed by atoms with Gasteiger partial charge in [-0.15, -0.1) is 0 Å². The molecule has 1 N–H and O–H groups in total. The summed E-state index contributed by atoms with van der Waals surface area (Å²) >= 11 is 0. The number of benzene rings is 1. The number of nitrogens with zero attached hydrogens (tertiary/aromatic N) is 3. The molecular formula is C18H18N4O. The summed E-state index contributed by atoms with van der Waals surface area (Å²) in [5.74, 6) is 1.60. The van der Waals surface area contributed by atoms with Crippen LogP contribution in [0.25, 0.3) is 10.9 Å².